The van der Waals surface area contributed by atoms with Gasteiger partial charge in [-0.15, -0.1) is 6.54 Å². The van der Waals surface area contributed by atoms with E-state index >= 15 is 0 Å². The van der Waals surface area contributed by atoms with Crippen molar-refractivity contribution in [3.05, 3.63) is 5.32 Å². The quantitative estimate of drug-likeness (QED) is 0.329. The van der Waals surface area contributed by atoms with Crippen LogP contribution in [-0.4, -0.2) is 13.1 Å². The van der Waals surface area contributed by atoms with E-state index in [1.54, 1.807) is 0 Å². The van der Waals surface area contributed by atoms with E-state index in [-0.39, 0.29) is 18.9 Å². The molecule has 0 aromatic rings. The van der Waals surface area contributed by atoms with Gasteiger partial charge < -0.3 is 5.32 Å². The largest absolute Gasteiger partial charge is 1.00 e. The molecular formula is C6H14LiN. The van der Waals surface area contributed by atoms with E-state index in [1.165, 1.54) is 12.8 Å². The number of rotatable bonds is 4. The molecule has 0 spiro atoms. The second-order valence-corrected chi connectivity index (χ2v) is 1.62. The number of hydrogen-bond donors (Lipinski definition) is 0. The number of unbranched alkanes of at least 4 members (excludes halogenated alkanes) is 1. The molecule has 0 saturated carbocycles. The third kappa shape index (κ3) is 9.75. The molecule has 0 amide bonds. The van der Waals surface area contributed by atoms with Crippen molar-refractivity contribution >= 4 is 0 Å². The maximum atomic E-state index is 4.16. The second kappa shape index (κ2) is 10.5. The van der Waals surface area contributed by atoms with Gasteiger partial charge >= 0.3 is 18.9 Å². The molecule has 1 nitrogen and oxygen atoms in total. The Hall–Kier alpha value is 0.557. The molecule has 0 aliphatic rings. The van der Waals surface area contributed by atoms with Crippen LogP contribution in [0.2, 0.25) is 0 Å². The van der Waals surface area contributed by atoms with Crippen LogP contribution in [0.5, 0.6) is 0 Å². The van der Waals surface area contributed by atoms with E-state index in [1.807, 2.05) is 0 Å². The van der Waals surface area contributed by atoms with E-state index in [0.29, 0.717) is 0 Å². The summed E-state index contributed by atoms with van der Waals surface area (Å²) < 4.78 is 0. The van der Waals surface area contributed by atoms with Crippen LogP contribution in [0.25, 0.3) is 5.32 Å². The van der Waals surface area contributed by atoms with Crippen molar-refractivity contribution in [3.63, 3.8) is 0 Å². The summed E-state index contributed by atoms with van der Waals surface area (Å²) in [5.41, 5.74) is 0. The summed E-state index contributed by atoms with van der Waals surface area (Å²) in [5, 5.41) is 4.16. The van der Waals surface area contributed by atoms with E-state index in [2.05, 4.69) is 19.2 Å². The Kier molecular flexibility index (Phi) is 14.9. The number of nitrogens with zero attached hydrogens (tertiary/aromatic N) is 1. The topological polar surface area (TPSA) is 14.1 Å². The molecule has 8 heavy (non-hydrogen) atoms. The van der Waals surface area contributed by atoms with Crippen LogP contribution in [-0.2, 0) is 0 Å². The predicted molar refractivity (Wildman–Crippen MR) is 33.7 cm³/mol. The maximum Gasteiger partial charge on any atom is 1.00 e. The normalized spacial score (nSPS) is 8.25. The van der Waals surface area contributed by atoms with E-state index in [9.17, 15) is 0 Å². The fourth-order valence-corrected chi connectivity index (χ4v) is 0.428. The molecule has 0 aliphatic heterocycles. The molecule has 0 unspecified atom stereocenters. The van der Waals surface area contributed by atoms with E-state index < -0.39 is 0 Å². The summed E-state index contributed by atoms with van der Waals surface area (Å²) >= 11 is 0. The number of hydrogen-bond acceptors (Lipinski definition) is 0. The van der Waals surface area contributed by atoms with Crippen molar-refractivity contribution in [1.82, 2.24) is 0 Å². The minimum Gasteiger partial charge on any atom is -0.662 e. The van der Waals surface area contributed by atoms with Crippen molar-refractivity contribution < 1.29 is 18.9 Å². The first-order valence-electron chi connectivity index (χ1n) is 3.05. The molecule has 0 rings (SSSR count). The standard InChI is InChI=1S/C6H14N.Li/c1-3-5-6-7-4-2;/h3-6H2,1-2H3;/q-1;+1. The molecule has 0 heterocycles. The van der Waals surface area contributed by atoms with Gasteiger partial charge in [-0.3, -0.25) is 0 Å². The molecule has 0 atom stereocenters. The fraction of sp³-hybridized carbons (Fsp3) is 1.00. The second-order valence-electron chi connectivity index (χ2n) is 1.62. The van der Waals surface area contributed by atoms with Gasteiger partial charge in [0.25, 0.3) is 0 Å². The van der Waals surface area contributed by atoms with Crippen LogP contribution in [0.1, 0.15) is 26.7 Å². The SMILES string of the molecule is CCCC[N-]CC.[Li+]. The minimum absolute atomic E-state index is 0. The Bertz CT molecular complexity index is 27.7. The smallest absolute Gasteiger partial charge is 0.662 e. The van der Waals surface area contributed by atoms with Crippen molar-refractivity contribution in [1.29, 1.82) is 0 Å². The first kappa shape index (κ1) is 11.4. The Morgan fingerprint density at radius 3 is 2.25 bits per heavy atom. The van der Waals surface area contributed by atoms with Crippen LogP contribution >= 0.6 is 0 Å². The van der Waals surface area contributed by atoms with Gasteiger partial charge in [-0.2, -0.15) is 6.54 Å². The summed E-state index contributed by atoms with van der Waals surface area (Å²) in [6.07, 6.45) is 2.53. The molecule has 0 bridgehead atoms. The van der Waals surface area contributed by atoms with Gasteiger partial charge in [-0.05, 0) is 0 Å². The van der Waals surface area contributed by atoms with Gasteiger partial charge in [-0.1, -0.05) is 26.7 Å². The molecule has 44 valence electrons. The Morgan fingerprint density at radius 2 is 1.88 bits per heavy atom. The minimum atomic E-state index is 0. The zero-order valence-electron chi connectivity index (χ0n) is 6.28. The van der Waals surface area contributed by atoms with Crippen LogP contribution in [0.4, 0.5) is 0 Å². The van der Waals surface area contributed by atoms with E-state index in [0.717, 1.165) is 13.1 Å². The monoisotopic (exact) mass is 107 g/mol. The predicted octanol–water partition coefficient (Wildman–Crippen LogP) is -0.816. The maximum absolute atomic E-state index is 4.16. The van der Waals surface area contributed by atoms with Gasteiger partial charge in [0.1, 0.15) is 0 Å². The first-order valence-corrected chi connectivity index (χ1v) is 3.05. The van der Waals surface area contributed by atoms with Gasteiger partial charge in [0.15, 0.2) is 0 Å². The van der Waals surface area contributed by atoms with Crippen LogP contribution < -0.4 is 18.9 Å². The van der Waals surface area contributed by atoms with Crippen molar-refractivity contribution in [2.45, 2.75) is 26.7 Å². The summed E-state index contributed by atoms with van der Waals surface area (Å²) in [4.78, 5) is 0. The Labute approximate surface area is 64.4 Å². The Morgan fingerprint density at radius 1 is 1.25 bits per heavy atom. The van der Waals surface area contributed by atoms with Crippen LogP contribution in [0, 0.1) is 0 Å². The third-order valence-corrected chi connectivity index (χ3v) is 0.893. The third-order valence-electron chi connectivity index (χ3n) is 0.893. The first-order chi connectivity index (χ1) is 3.41. The zero-order chi connectivity index (χ0) is 5.54. The van der Waals surface area contributed by atoms with Gasteiger partial charge in [0, 0.05) is 0 Å². The molecule has 2 heteroatoms. The summed E-state index contributed by atoms with van der Waals surface area (Å²) in [7, 11) is 0. The average Bonchev–Trinajstić information content (AvgIpc) is 1.69. The average molecular weight is 107 g/mol. The van der Waals surface area contributed by atoms with Crippen molar-refractivity contribution in [3.8, 4) is 0 Å². The van der Waals surface area contributed by atoms with Gasteiger partial charge in [0.2, 0.25) is 0 Å². The molecule has 0 N–H and O–H groups in total. The molecule has 0 aliphatic carbocycles. The summed E-state index contributed by atoms with van der Waals surface area (Å²) in [6, 6.07) is 0. The fourth-order valence-electron chi connectivity index (χ4n) is 0.428. The molecule has 0 radical (unpaired) electrons. The zero-order valence-corrected chi connectivity index (χ0v) is 6.28. The molecule has 0 saturated heterocycles. The van der Waals surface area contributed by atoms with Crippen molar-refractivity contribution in [2.24, 2.45) is 0 Å². The van der Waals surface area contributed by atoms with Crippen LogP contribution in [0.15, 0.2) is 0 Å². The molecule has 0 aromatic heterocycles. The summed E-state index contributed by atoms with van der Waals surface area (Å²) in [6.45, 7) is 6.31. The summed E-state index contributed by atoms with van der Waals surface area (Å²) in [5.74, 6) is 0. The van der Waals surface area contributed by atoms with E-state index in [4.69, 9.17) is 0 Å². The van der Waals surface area contributed by atoms with Crippen molar-refractivity contribution in [2.75, 3.05) is 13.1 Å². The molecule has 0 fully saturated rings. The van der Waals surface area contributed by atoms with Gasteiger partial charge in [0.05, 0.1) is 0 Å². The molecule has 0 aromatic carbocycles. The molecular weight excluding hydrogens is 93.0 g/mol. The van der Waals surface area contributed by atoms with Gasteiger partial charge in [-0.25, -0.2) is 0 Å². The Balaban J connectivity index is 0. The van der Waals surface area contributed by atoms with Crippen LogP contribution in [0.3, 0.4) is 0 Å².